The Morgan fingerprint density at radius 3 is 2.79 bits per heavy atom. The van der Waals surface area contributed by atoms with Crippen molar-refractivity contribution in [2.75, 3.05) is 25.9 Å². The lowest BCUT2D eigenvalue weighted by molar-refractivity contribution is 0.379. The van der Waals surface area contributed by atoms with Crippen LogP contribution >= 0.6 is 0 Å². The molecule has 24 heavy (non-hydrogen) atoms. The van der Waals surface area contributed by atoms with E-state index in [-0.39, 0.29) is 0 Å². The Hall–Kier alpha value is -2.53. The number of nitrogens with one attached hydrogen (secondary N) is 1. The Bertz CT molecular complexity index is 848. The summed E-state index contributed by atoms with van der Waals surface area (Å²) in [7, 11) is 1.68. The van der Waals surface area contributed by atoms with Gasteiger partial charge in [-0.3, -0.25) is 0 Å². The van der Waals surface area contributed by atoms with Gasteiger partial charge in [-0.15, -0.1) is 0 Å². The number of fused-ring (bicyclic) bond motifs is 1. The molecule has 1 fully saturated rings. The number of nitrogens with zero attached hydrogens (tertiary/aromatic N) is 2. The van der Waals surface area contributed by atoms with E-state index in [0.717, 1.165) is 40.9 Å². The standard InChI is InChI=1S/C19H22N4O/c1-24-15-6-4-13(5-7-15)16-12-23(14-3-2-9-21-11-14)17-8-10-22-19(20)18(16)17/h4-8,10,12,14,21H,2-3,9,11H2,1H3,(H2,20,22). The normalized spacial score (nSPS) is 18.0. The van der Waals surface area contributed by atoms with E-state index in [0.29, 0.717) is 11.9 Å². The molecule has 124 valence electrons. The average Bonchev–Trinajstić information content (AvgIpc) is 3.04. The molecule has 5 heteroatoms. The summed E-state index contributed by atoms with van der Waals surface area (Å²) in [6.07, 6.45) is 6.40. The third-order valence-electron chi connectivity index (χ3n) is 4.84. The lowest BCUT2D eigenvalue weighted by Crippen LogP contribution is -2.31. The first-order chi connectivity index (χ1) is 11.8. The molecule has 1 aliphatic heterocycles. The highest BCUT2D eigenvalue weighted by molar-refractivity contribution is 6.02. The molecule has 1 atom stereocenters. The molecule has 3 aromatic rings. The number of benzene rings is 1. The highest BCUT2D eigenvalue weighted by atomic mass is 16.5. The van der Waals surface area contributed by atoms with E-state index in [1.807, 2.05) is 12.1 Å². The maximum absolute atomic E-state index is 6.23. The van der Waals surface area contributed by atoms with Crippen LogP contribution in [0.15, 0.2) is 42.7 Å². The van der Waals surface area contributed by atoms with Crippen molar-refractivity contribution in [1.82, 2.24) is 14.9 Å². The maximum Gasteiger partial charge on any atom is 0.133 e. The number of nitrogens with two attached hydrogens (primary N) is 1. The fourth-order valence-electron chi connectivity index (χ4n) is 3.59. The summed E-state index contributed by atoms with van der Waals surface area (Å²) in [6.45, 7) is 2.10. The third-order valence-corrected chi connectivity index (χ3v) is 4.84. The van der Waals surface area contributed by atoms with E-state index >= 15 is 0 Å². The second-order valence-electron chi connectivity index (χ2n) is 6.27. The number of hydrogen-bond donors (Lipinski definition) is 2. The van der Waals surface area contributed by atoms with Gasteiger partial charge in [-0.25, -0.2) is 4.98 Å². The third kappa shape index (κ3) is 2.51. The molecule has 1 aliphatic rings. The molecular weight excluding hydrogens is 300 g/mol. The number of anilines is 1. The van der Waals surface area contributed by atoms with Crippen LogP contribution in [0.25, 0.3) is 22.0 Å². The van der Waals surface area contributed by atoms with Crippen molar-refractivity contribution in [1.29, 1.82) is 0 Å². The summed E-state index contributed by atoms with van der Waals surface area (Å²) >= 11 is 0. The van der Waals surface area contributed by atoms with E-state index in [1.165, 1.54) is 12.8 Å². The molecule has 0 saturated carbocycles. The first-order valence-corrected chi connectivity index (χ1v) is 8.38. The fourth-order valence-corrected chi connectivity index (χ4v) is 3.59. The van der Waals surface area contributed by atoms with Crippen LogP contribution in [0.5, 0.6) is 5.75 Å². The monoisotopic (exact) mass is 322 g/mol. The molecule has 0 spiro atoms. The van der Waals surface area contributed by atoms with Crippen LogP contribution in [-0.4, -0.2) is 29.8 Å². The van der Waals surface area contributed by atoms with Crippen LogP contribution in [0.2, 0.25) is 0 Å². The van der Waals surface area contributed by atoms with Crippen LogP contribution in [0.1, 0.15) is 18.9 Å². The smallest absolute Gasteiger partial charge is 0.133 e. The number of nitrogen functional groups attached to an aromatic ring is 1. The van der Waals surface area contributed by atoms with Gasteiger partial charge in [0.25, 0.3) is 0 Å². The van der Waals surface area contributed by atoms with Crippen LogP contribution in [-0.2, 0) is 0 Å². The number of ether oxygens (including phenoxy) is 1. The number of rotatable bonds is 3. The zero-order chi connectivity index (χ0) is 16.5. The van der Waals surface area contributed by atoms with Crippen LogP contribution in [0.4, 0.5) is 5.82 Å². The summed E-state index contributed by atoms with van der Waals surface area (Å²) in [5.41, 5.74) is 9.64. The van der Waals surface area contributed by atoms with Gasteiger partial charge in [-0.05, 0) is 43.1 Å². The zero-order valence-corrected chi connectivity index (χ0v) is 13.8. The average molecular weight is 322 g/mol. The number of hydrogen-bond acceptors (Lipinski definition) is 4. The van der Waals surface area contributed by atoms with Crippen LogP contribution in [0.3, 0.4) is 0 Å². The highest BCUT2D eigenvalue weighted by Crippen LogP contribution is 2.36. The molecule has 3 heterocycles. The first kappa shape index (κ1) is 15.0. The molecule has 0 aliphatic carbocycles. The van der Waals surface area contributed by atoms with Crippen molar-refractivity contribution >= 4 is 16.7 Å². The lowest BCUT2D eigenvalue weighted by atomic mass is 10.1. The Balaban J connectivity index is 1.87. The minimum absolute atomic E-state index is 0.454. The number of methoxy groups -OCH3 is 1. The van der Waals surface area contributed by atoms with Crippen molar-refractivity contribution in [2.24, 2.45) is 0 Å². The minimum atomic E-state index is 0.454. The second kappa shape index (κ2) is 6.17. The predicted molar refractivity (Wildman–Crippen MR) is 97.3 cm³/mol. The van der Waals surface area contributed by atoms with E-state index in [4.69, 9.17) is 10.5 Å². The summed E-state index contributed by atoms with van der Waals surface area (Å²) in [6, 6.07) is 10.6. The van der Waals surface area contributed by atoms with Gasteiger partial charge in [0.15, 0.2) is 0 Å². The van der Waals surface area contributed by atoms with Crippen molar-refractivity contribution in [3.8, 4) is 16.9 Å². The van der Waals surface area contributed by atoms with Gasteiger partial charge >= 0.3 is 0 Å². The summed E-state index contributed by atoms with van der Waals surface area (Å²) in [4.78, 5) is 4.31. The van der Waals surface area contributed by atoms with Crippen molar-refractivity contribution < 1.29 is 4.74 Å². The Morgan fingerprint density at radius 1 is 1.25 bits per heavy atom. The topological polar surface area (TPSA) is 65.1 Å². The van der Waals surface area contributed by atoms with Gasteiger partial charge in [0, 0.05) is 35.9 Å². The minimum Gasteiger partial charge on any atom is -0.497 e. The zero-order valence-electron chi connectivity index (χ0n) is 13.8. The lowest BCUT2D eigenvalue weighted by Gasteiger charge is -2.25. The first-order valence-electron chi connectivity index (χ1n) is 8.38. The van der Waals surface area contributed by atoms with E-state index < -0.39 is 0 Å². The number of pyridine rings is 1. The molecule has 1 unspecified atom stereocenters. The molecule has 0 amide bonds. The van der Waals surface area contributed by atoms with Gasteiger partial charge in [-0.1, -0.05) is 12.1 Å². The Kier molecular flexibility index (Phi) is 3.86. The van der Waals surface area contributed by atoms with Gasteiger partial charge in [-0.2, -0.15) is 0 Å². The highest BCUT2D eigenvalue weighted by Gasteiger charge is 2.20. The molecule has 1 saturated heterocycles. The molecule has 1 aromatic carbocycles. The van der Waals surface area contributed by atoms with Gasteiger partial charge in [0.05, 0.1) is 12.6 Å². The van der Waals surface area contributed by atoms with Gasteiger partial charge in [0.1, 0.15) is 11.6 Å². The van der Waals surface area contributed by atoms with E-state index in [1.54, 1.807) is 13.3 Å². The van der Waals surface area contributed by atoms with Crippen LogP contribution in [0, 0.1) is 0 Å². The molecule has 3 N–H and O–H groups in total. The largest absolute Gasteiger partial charge is 0.497 e. The summed E-state index contributed by atoms with van der Waals surface area (Å²) in [5, 5.41) is 4.53. The second-order valence-corrected chi connectivity index (χ2v) is 6.27. The SMILES string of the molecule is COc1ccc(-c2cn(C3CCCNC3)c3ccnc(N)c23)cc1. The Morgan fingerprint density at radius 2 is 2.08 bits per heavy atom. The quantitative estimate of drug-likeness (QED) is 0.777. The van der Waals surface area contributed by atoms with Crippen LogP contribution < -0.4 is 15.8 Å². The molecule has 0 radical (unpaired) electrons. The van der Waals surface area contributed by atoms with E-state index in [9.17, 15) is 0 Å². The molecule has 5 nitrogen and oxygen atoms in total. The number of piperidine rings is 1. The molecule has 4 rings (SSSR count). The van der Waals surface area contributed by atoms with Crippen molar-refractivity contribution in [3.05, 3.63) is 42.7 Å². The molecular formula is C19H22N4O. The fraction of sp³-hybridized carbons (Fsp3) is 0.316. The number of aromatic nitrogens is 2. The summed E-state index contributed by atoms with van der Waals surface area (Å²) < 4.78 is 7.63. The van der Waals surface area contributed by atoms with Gasteiger partial charge in [0.2, 0.25) is 0 Å². The molecule has 0 bridgehead atoms. The molecule has 2 aromatic heterocycles. The van der Waals surface area contributed by atoms with E-state index in [2.05, 4.69) is 39.3 Å². The van der Waals surface area contributed by atoms with Crippen molar-refractivity contribution in [2.45, 2.75) is 18.9 Å². The van der Waals surface area contributed by atoms with Gasteiger partial charge < -0.3 is 20.4 Å². The van der Waals surface area contributed by atoms with Crippen molar-refractivity contribution in [3.63, 3.8) is 0 Å². The summed E-state index contributed by atoms with van der Waals surface area (Å²) in [5.74, 6) is 1.44. The predicted octanol–water partition coefficient (Wildman–Crippen LogP) is 3.22. The Labute approximate surface area is 141 Å². The maximum atomic E-state index is 6.23.